The Bertz CT molecular complexity index is 231. The van der Waals surface area contributed by atoms with E-state index in [1.54, 1.807) is 0 Å². The van der Waals surface area contributed by atoms with E-state index in [1.165, 1.54) is 12.4 Å². The monoisotopic (exact) mass is 155 g/mol. The summed E-state index contributed by atoms with van der Waals surface area (Å²) in [5.41, 5.74) is 5.74. The average molecular weight is 155 g/mol. The van der Waals surface area contributed by atoms with Crippen LogP contribution < -0.4 is 5.73 Å². The van der Waals surface area contributed by atoms with Crippen molar-refractivity contribution in [3.63, 3.8) is 0 Å². The third-order valence-electron chi connectivity index (χ3n) is 1.67. The fourth-order valence-electron chi connectivity index (χ4n) is 0.845. The summed E-state index contributed by atoms with van der Waals surface area (Å²) in [6.07, 6.45) is 3.00. The molecule has 1 aromatic rings. The lowest BCUT2D eigenvalue weighted by atomic mass is 10.1. The summed E-state index contributed by atoms with van der Waals surface area (Å²) in [5, 5.41) is 9.14. The zero-order valence-electron chi connectivity index (χ0n) is 6.73. The van der Waals surface area contributed by atoms with Crippen LogP contribution >= 0.6 is 0 Å². The lowest BCUT2D eigenvalue weighted by Gasteiger charge is -2.13. The summed E-state index contributed by atoms with van der Waals surface area (Å²) in [6, 6.07) is -0.199. The van der Waals surface area contributed by atoms with E-state index < -0.39 is 0 Å². The van der Waals surface area contributed by atoms with E-state index in [1.807, 2.05) is 13.8 Å². The van der Waals surface area contributed by atoms with Gasteiger partial charge in [0.25, 0.3) is 0 Å². The van der Waals surface area contributed by atoms with E-state index in [-0.39, 0.29) is 12.0 Å². The van der Waals surface area contributed by atoms with Gasteiger partial charge in [0.1, 0.15) is 0 Å². The first kappa shape index (κ1) is 8.07. The SMILES string of the molecule is CC(C)C(N)c1nccn1O. The lowest BCUT2D eigenvalue weighted by Crippen LogP contribution is -2.20. The van der Waals surface area contributed by atoms with Crippen molar-refractivity contribution in [3.05, 3.63) is 18.2 Å². The molecule has 0 saturated heterocycles. The zero-order chi connectivity index (χ0) is 8.43. The molecule has 0 aliphatic heterocycles. The number of hydrogen-bond acceptors (Lipinski definition) is 3. The molecule has 0 amide bonds. The summed E-state index contributed by atoms with van der Waals surface area (Å²) in [7, 11) is 0. The first-order chi connectivity index (χ1) is 5.13. The van der Waals surface area contributed by atoms with Crippen LogP contribution in [0.4, 0.5) is 0 Å². The molecular weight excluding hydrogens is 142 g/mol. The van der Waals surface area contributed by atoms with Crippen LogP contribution in [0.5, 0.6) is 0 Å². The molecule has 1 unspecified atom stereocenters. The molecule has 11 heavy (non-hydrogen) atoms. The van der Waals surface area contributed by atoms with Gasteiger partial charge in [0.05, 0.1) is 12.2 Å². The third-order valence-corrected chi connectivity index (χ3v) is 1.67. The van der Waals surface area contributed by atoms with E-state index in [4.69, 9.17) is 10.9 Å². The van der Waals surface area contributed by atoms with Gasteiger partial charge < -0.3 is 10.9 Å². The molecule has 3 N–H and O–H groups in total. The highest BCUT2D eigenvalue weighted by Crippen LogP contribution is 2.15. The molecule has 62 valence electrons. The van der Waals surface area contributed by atoms with Gasteiger partial charge >= 0.3 is 0 Å². The van der Waals surface area contributed by atoms with Gasteiger partial charge in [-0.1, -0.05) is 13.8 Å². The molecule has 1 rings (SSSR count). The molecule has 0 spiro atoms. The van der Waals surface area contributed by atoms with E-state index >= 15 is 0 Å². The standard InChI is InChI=1S/C7H13N3O/c1-5(2)6(8)7-9-3-4-10(7)11/h3-6,11H,8H2,1-2H3. The van der Waals surface area contributed by atoms with Crippen LogP contribution in [0, 0.1) is 5.92 Å². The van der Waals surface area contributed by atoms with Crippen LogP contribution in [0.25, 0.3) is 0 Å². The van der Waals surface area contributed by atoms with Gasteiger partial charge in [0, 0.05) is 6.20 Å². The number of aromatic nitrogens is 2. The molecule has 1 heterocycles. The summed E-state index contributed by atoms with van der Waals surface area (Å²) >= 11 is 0. The molecule has 0 saturated carbocycles. The molecule has 4 heteroatoms. The zero-order valence-corrected chi connectivity index (χ0v) is 6.73. The molecule has 0 radical (unpaired) electrons. The van der Waals surface area contributed by atoms with Gasteiger partial charge in [-0.05, 0) is 5.92 Å². The van der Waals surface area contributed by atoms with Gasteiger partial charge in [-0.3, -0.25) is 0 Å². The molecular formula is C7H13N3O. The molecule has 0 aliphatic rings. The number of imidazole rings is 1. The van der Waals surface area contributed by atoms with E-state index in [0.29, 0.717) is 5.82 Å². The van der Waals surface area contributed by atoms with Crippen molar-refractivity contribution in [2.24, 2.45) is 11.7 Å². The van der Waals surface area contributed by atoms with Crippen molar-refractivity contribution in [2.75, 3.05) is 0 Å². The normalized spacial score (nSPS) is 13.8. The van der Waals surface area contributed by atoms with Crippen molar-refractivity contribution in [1.29, 1.82) is 0 Å². The van der Waals surface area contributed by atoms with Crippen LogP contribution in [0.2, 0.25) is 0 Å². The maximum Gasteiger partial charge on any atom is 0.161 e. The second-order valence-corrected chi connectivity index (χ2v) is 2.90. The second kappa shape index (κ2) is 2.92. The number of hydrogen-bond donors (Lipinski definition) is 2. The minimum Gasteiger partial charge on any atom is -0.427 e. The summed E-state index contributed by atoms with van der Waals surface area (Å²) in [5.74, 6) is 0.795. The quantitative estimate of drug-likeness (QED) is 0.620. The summed E-state index contributed by atoms with van der Waals surface area (Å²) in [6.45, 7) is 3.97. The average Bonchev–Trinajstić information content (AvgIpc) is 2.33. The van der Waals surface area contributed by atoms with Crippen molar-refractivity contribution in [3.8, 4) is 0 Å². The molecule has 0 bridgehead atoms. The van der Waals surface area contributed by atoms with Gasteiger partial charge in [-0.25, -0.2) is 4.98 Å². The molecule has 0 aromatic carbocycles. The Hall–Kier alpha value is -1.03. The predicted molar refractivity (Wildman–Crippen MR) is 41.2 cm³/mol. The van der Waals surface area contributed by atoms with Crippen LogP contribution in [-0.2, 0) is 0 Å². The molecule has 0 aliphatic carbocycles. The Labute approximate surface area is 65.6 Å². The molecule has 1 aromatic heterocycles. The fourth-order valence-corrected chi connectivity index (χ4v) is 0.845. The van der Waals surface area contributed by atoms with E-state index in [2.05, 4.69) is 4.98 Å². The highest BCUT2D eigenvalue weighted by Gasteiger charge is 2.15. The van der Waals surface area contributed by atoms with Gasteiger partial charge in [-0.2, -0.15) is 4.73 Å². The Morgan fingerprint density at radius 3 is 2.64 bits per heavy atom. The first-order valence-electron chi connectivity index (χ1n) is 3.61. The Morgan fingerprint density at radius 2 is 2.27 bits per heavy atom. The van der Waals surface area contributed by atoms with Gasteiger partial charge in [0.15, 0.2) is 5.82 Å². The molecule has 1 atom stereocenters. The Balaban J connectivity index is 2.84. The third kappa shape index (κ3) is 1.51. The topological polar surface area (TPSA) is 64.1 Å². The van der Waals surface area contributed by atoms with Crippen molar-refractivity contribution in [1.82, 2.24) is 9.71 Å². The number of nitrogens with two attached hydrogens (primary N) is 1. The van der Waals surface area contributed by atoms with Crippen molar-refractivity contribution < 1.29 is 5.21 Å². The largest absolute Gasteiger partial charge is 0.427 e. The highest BCUT2D eigenvalue weighted by molar-refractivity contribution is 4.96. The van der Waals surface area contributed by atoms with Crippen LogP contribution in [0.1, 0.15) is 25.7 Å². The minimum absolute atomic E-state index is 0.199. The van der Waals surface area contributed by atoms with Crippen LogP contribution in [0.15, 0.2) is 12.4 Å². The molecule has 0 fully saturated rings. The molecule has 4 nitrogen and oxygen atoms in total. The minimum atomic E-state index is -0.199. The first-order valence-corrected chi connectivity index (χ1v) is 3.61. The number of nitrogens with zero attached hydrogens (tertiary/aromatic N) is 2. The highest BCUT2D eigenvalue weighted by atomic mass is 16.5. The summed E-state index contributed by atoms with van der Waals surface area (Å²) < 4.78 is 0.963. The summed E-state index contributed by atoms with van der Waals surface area (Å²) in [4.78, 5) is 3.92. The fraction of sp³-hybridized carbons (Fsp3) is 0.571. The predicted octanol–water partition coefficient (Wildman–Crippen LogP) is 0.776. The maximum atomic E-state index is 9.14. The van der Waals surface area contributed by atoms with Gasteiger partial charge in [0.2, 0.25) is 0 Å². The Morgan fingerprint density at radius 1 is 1.64 bits per heavy atom. The van der Waals surface area contributed by atoms with Crippen molar-refractivity contribution >= 4 is 0 Å². The van der Waals surface area contributed by atoms with Crippen LogP contribution in [0.3, 0.4) is 0 Å². The second-order valence-electron chi connectivity index (χ2n) is 2.90. The van der Waals surface area contributed by atoms with Crippen LogP contribution in [-0.4, -0.2) is 14.9 Å². The number of rotatable bonds is 2. The van der Waals surface area contributed by atoms with Gasteiger partial charge in [-0.15, -0.1) is 0 Å². The smallest absolute Gasteiger partial charge is 0.161 e. The van der Waals surface area contributed by atoms with E-state index in [0.717, 1.165) is 4.73 Å². The van der Waals surface area contributed by atoms with E-state index in [9.17, 15) is 0 Å². The maximum absolute atomic E-state index is 9.14. The Kier molecular flexibility index (Phi) is 2.14. The van der Waals surface area contributed by atoms with Crippen molar-refractivity contribution in [2.45, 2.75) is 19.9 Å². The lowest BCUT2D eigenvalue weighted by molar-refractivity contribution is 0.167.